The summed E-state index contributed by atoms with van der Waals surface area (Å²) in [5.74, 6) is 0.770. The zero-order chi connectivity index (χ0) is 12.0. The first-order chi connectivity index (χ1) is 7.58. The van der Waals surface area contributed by atoms with Gasteiger partial charge in [-0.2, -0.15) is 0 Å². The highest BCUT2D eigenvalue weighted by Crippen LogP contribution is 2.34. The zero-order valence-corrected chi connectivity index (χ0v) is 11.2. The molecule has 0 radical (unpaired) electrons. The van der Waals surface area contributed by atoms with Crippen molar-refractivity contribution in [1.29, 1.82) is 0 Å². The van der Waals surface area contributed by atoms with E-state index in [1.54, 1.807) is 0 Å². The molecule has 2 unspecified atom stereocenters. The van der Waals surface area contributed by atoms with Crippen LogP contribution in [-0.2, 0) is 4.74 Å². The van der Waals surface area contributed by atoms with E-state index in [-0.39, 0.29) is 5.60 Å². The average Bonchev–Trinajstić information content (AvgIpc) is 2.24. The topological polar surface area (TPSA) is 38.5 Å². The van der Waals surface area contributed by atoms with Crippen molar-refractivity contribution < 1.29 is 4.74 Å². The first kappa shape index (κ1) is 13.9. The van der Waals surface area contributed by atoms with E-state index in [9.17, 15) is 0 Å². The monoisotopic (exact) mass is 228 g/mol. The van der Waals surface area contributed by atoms with Gasteiger partial charge in [-0.3, -0.25) is 0 Å². The molecule has 3 heteroatoms. The van der Waals surface area contributed by atoms with E-state index in [4.69, 9.17) is 10.5 Å². The molecular weight excluding hydrogens is 200 g/mol. The molecule has 0 aromatic heterocycles. The minimum atomic E-state index is -0.00994. The van der Waals surface area contributed by atoms with Crippen LogP contribution in [0.15, 0.2) is 0 Å². The summed E-state index contributed by atoms with van der Waals surface area (Å²) in [6.45, 7) is 4.93. The second-order valence-electron chi connectivity index (χ2n) is 5.59. The predicted molar refractivity (Wildman–Crippen MR) is 68.5 cm³/mol. The lowest BCUT2D eigenvalue weighted by molar-refractivity contribution is -0.0758. The van der Waals surface area contributed by atoms with Crippen molar-refractivity contribution in [3.63, 3.8) is 0 Å². The molecule has 0 saturated heterocycles. The molecule has 0 spiro atoms. The Morgan fingerprint density at radius 3 is 2.75 bits per heavy atom. The minimum absolute atomic E-state index is 0.00994. The highest BCUT2D eigenvalue weighted by atomic mass is 16.5. The normalized spacial score (nSPS) is 30.9. The van der Waals surface area contributed by atoms with E-state index in [1.807, 2.05) is 0 Å². The van der Waals surface area contributed by atoms with Crippen LogP contribution in [-0.4, -0.2) is 44.3 Å². The third-order valence-corrected chi connectivity index (χ3v) is 3.58. The minimum Gasteiger partial charge on any atom is -0.374 e. The molecule has 96 valence electrons. The highest BCUT2D eigenvalue weighted by Gasteiger charge is 2.34. The number of rotatable bonds is 6. The van der Waals surface area contributed by atoms with Crippen LogP contribution in [0.25, 0.3) is 0 Å². The largest absolute Gasteiger partial charge is 0.374 e. The molecule has 1 rings (SSSR count). The van der Waals surface area contributed by atoms with Gasteiger partial charge >= 0.3 is 0 Å². The van der Waals surface area contributed by atoms with Crippen molar-refractivity contribution in [2.24, 2.45) is 11.7 Å². The molecule has 0 bridgehead atoms. The van der Waals surface area contributed by atoms with E-state index in [1.165, 1.54) is 12.8 Å². The van der Waals surface area contributed by atoms with Gasteiger partial charge in [0.2, 0.25) is 0 Å². The van der Waals surface area contributed by atoms with Crippen molar-refractivity contribution in [3.05, 3.63) is 0 Å². The predicted octanol–water partition coefficient (Wildman–Crippen LogP) is 1.86. The summed E-state index contributed by atoms with van der Waals surface area (Å²) < 4.78 is 6.09. The lowest BCUT2D eigenvalue weighted by Gasteiger charge is -2.39. The summed E-state index contributed by atoms with van der Waals surface area (Å²) >= 11 is 0. The van der Waals surface area contributed by atoms with Gasteiger partial charge in [-0.1, -0.05) is 19.8 Å². The van der Waals surface area contributed by atoms with Crippen molar-refractivity contribution in [2.45, 2.75) is 44.6 Å². The summed E-state index contributed by atoms with van der Waals surface area (Å²) in [6.07, 6.45) is 6.00. The van der Waals surface area contributed by atoms with E-state index < -0.39 is 0 Å². The quantitative estimate of drug-likeness (QED) is 0.705. The summed E-state index contributed by atoms with van der Waals surface area (Å²) in [5.41, 5.74) is 5.90. The number of nitrogens with two attached hydrogens (primary N) is 1. The van der Waals surface area contributed by atoms with Gasteiger partial charge in [-0.05, 0) is 45.8 Å². The van der Waals surface area contributed by atoms with Crippen molar-refractivity contribution >= 4 is 0 Å². The molecular formula is C13H28N2O. The van der Waals surface area contributed by atoms with Gasteiger partial charge in [0.1, 0.15) is 0 Å². The van der Waals surface area contributed by atoms with Crippen molar-refractivity contribution in [2.75, 3.05) is 33.8 Å². The van der Waals surface area contributed by atoms with Gasteiger partial charge < -0.3 is 15.4 Å². The standard InChI is InChI=1S/C13H28N2O/c1-12-6-4-7-13(10-12,11-14)16-9-5-8-15(2)3/h12H,4-11,14H2,1-3H3. The van der Waals surface area contributed by atoms with Gasteiger partial charge in [-0.25, -0.2) is 0 Å². The average molecular weight is 228 g/mol. The lowest BCUT2D eigenvalue weighted by atomic mass is 9.79. The highest BCUT2D eigenvalue weighted by molar-refractivity contribution is 4.87. The number of hydrogen-bond donors (Lipinski definition) is 1. The molecule has 16 heavy (non-hydrogen) atoms. The summed E-state index contributed by atoms with van der Waals surface area (Å²) in [7, 11) is 4.20. The fraction of sp³-hybridized carbons (Fsp3) is 1.00. The molecule has 0 heterocycles. The smallest absolute Gasteiger partial charge is 0.0806 e. The Bertz CT molecular complexity index is 196. The molecule has 3 nitrogen and oxygen atoms in total. The van der Waals surface area contributed by atoms with E-state index in [2.05, 4.69) is 25.9 Å². The second kappa shape index (κ2) is 6.58. The Morgan fingerprint density at radius 1 is 1.44 bits per heavy atom. The molecule has 1 aliphatic rings. The SMILES string of the molecule is CC1CCCC(CN)(OCCCN(C)C)C1. The Balaban J connectivity index is 2.29. The van der Waals surface area contributed by atoms with E-state index in [0.29, 0.717) is 6.54 Å². The van der Waals surface area contributed by atoms with Crippen LogP contribution in [0.3, 0.4) is 0 Å². The molecule has 1 fully saturated rings. The van der Waals surface area contributed by atoms with E-state index in [0.717, 1.165) is 38.3 Å². The van der Waals surface area contributed by atoms with Crippen LogP contribution in [0.2, 0.25) is 0 Å². The maximum Gasteiger partial charge on any atom is 0.0806 e. The molecule has 0 aromatic rings. The molecule has 1 aliphatic carbocycles. The van der Waals surface area contributed by atoms with Crippen LogP contribution < -0.4 is 5.73 Å². The molecule has 2 atom stereocenters. The van der Waals surface area contributed by atoms with Gasteiger partial charge in [0.15, 0.2) is 0 Å². The summed E-state index contributed by atoms with van der Waals surface area (Å²) in [4.78, 5) is 2.20. The first-order valence-electron chi connectivity index (χ1n) is 6.57. The third-order valence-electron chi connectivity index (χ3n) is 3.58. The zero-order valence-electron chi connectivity index (χ0n) is 11.2. The lowest BCUT2D eigenvalue weighted by Crippen LogP contribution is -2.45. The Morgan fingerprint density at radius 2 is 2.19 bits per heavy atom. The van der Waals surface area contributed by atoms with Crippen LogP contribution in [0.5, 0.6) is 0 Å². The number of hydrogen-bond acceptors (Lipinski definition) is 3. The molecule has 2 N–H and O–H groups in total. The third kappa shape index (κ3) is 4.40. The van der Waals surface area contributed by atoms with Crippen LogP contribution in [0.1, 0.15) is 39.0 Å². The number of ether oxygens (including phenoxy) is 1. The van der Waals surface area contributed by atoms with Crippen LogP contribution in [0.4, 0.5) is 0 Å². The van der Waals surface area contributed by atoms with Crippen LogP contribution >= 0.6 is 0 Å². The van der Waals surface area contributed by atoms with Crippen LogP contribution in [0, 0.1) is 5.92 Å². The fourth-order valence-corrected chi connectivity index (χ4v) is 2.66. The Labute approximate surface area is 100 Å². The number of nitrogens with zero attached hydrogens (tertiary/aromatic N) is 1. The summed E-state index contributed by atoms with van der Waals surface area (Å²) in [6, 6.07) is 0. The van der Waals surface area contributed by atoms with Crippen molar-refractivity contribution in [3.8, 4) is 0 Å². The Kier molecular flexibility index (Phi) is 5.73. The van der Waals surface area contributed by atoms with Gasteiger partial charge in [-0.15, -0.1) is 0 Å². The van der Waals surface area contributed by atoms with Crippen molar-refractivity contribution in [1.82, 2.24) is 4.90 Å². The maximum atomic E-state index is 6.09. The summed E-state index contributed by atoms with van der Waals surface area (Å²) in [5, 5.41) is 0. The first-order valence-corrected chi connectivity index (χ1v) is 6.57. The molecule has 1 saturated carbocycles. The molecule has 0 aromatic carbocycles. The maximum absolute atomic E-state index is 6.09. The fourth-order valence-electron chi connectivity index (χ4n) is 2.66. The molecule has 0 aliphatic heterocycles. The Hall–Kier alpha value is -0.120. The second-order valence-corrected chi connectivity index (χ2v) is 5.59. The molecule has 0 amide bonds. The van der Waals surface area contributed by atoms with Gasteiger partial charge in [0.25, 0.3) is 0 Å². The van der Waals surface area contributed by atoms with Gasteiger partial charge in [0.05, 0.1) is 5.60 Å². The van der Waals surface area contributed by atoms with E-state index >= 15 is 0 Å². The van der Waals surface area contributed by atoms with Gasteiger partial charge in [0, 0.05) is 13.2 Å².